The quantitative estimate of drug-likeness (QED) is 0.574. The van der Waals surface area contributed by atoms with E-state index in [1.165, 1.54) is 0 Å². The van der Waals surface area contributed by atoms with Crippen LogP contribution in [0, 0.1) is 0 Å². The van der Waals surface area contributed by atoms with Gasteiger partial charge in [0.15, 0.2) is 5.69 Å². The molecular weight excluding hydrogens is 378 g/mol. The van der Waals surface area contributed by atoms with Crippen LogP contribution in [0.2, 0.25) is 0 Å². The number of hydrogen-bond donors (Lipinski definition) is 1. The van der Waals surface area contributed by atoms with E-state index in [2.05, 4.69) is 15.3 Å². The van der Waals surface area contributed by atoms with E-state index in [-0.39, 0.29) is 23.3 Å². The van der Waals surface area contributed by atoms with Gasteiger partial charge in [-0.3, -0.25) is 19.0 Å². The summed E-state index contributed by atoms with van der Waals surface area (Å²) < 4.78 is 1.66. The molecule has 1 aliphatic heterocycles. The maximum atomic E-state index is 13.4. The number of fused-ring (bicyclic) bond motifs is 2. The van der Waals surface area contributed by atoms with Gasteiger partial charge in [0.05, 0.1) is 5.52 Å². The van der Waals surface area contributed by atoms with Crippen molar-refractivity contribution in [3.05, 3.63) is 95.8 Å². The molecule has 4 aromatic rings. The van der Waals surface area contributed by atoms with Gasteiger partial charge in [-0.2, -0.15) is 0 Å². The van der Waals surface area contributed by atoms with Crippen molar-refractivity contribution in [2.45, 2.75) is 13.0 Å². The average molecular weight is 397 g/mol. The molecule has 0 aliphatic carbocycles. The van der Waals surface area contributed by atoms with Crippen molar-refractivity contribution in [3.8, 4) is 0 Å². The van der Waals surface area contributed by atoms with E-state index in [0.717, 1.165) is 23.2 Å². The van der Waals surface area contributed by atoms with E-state index in [9.17, 15) is 9.59 Å². The third-order valence-electron chi connectivity index (χ3n) is 5.29. The predicted octanol–water partition coefficient (Wildman–Crippen LogP) is 2.86. The highest BCUT2D eigenvalue weighted by Gasteiger charge is 2.29. The van der Waals surface area contributed by atoms with E-state index in [1.807, 2.05) is 54.6 Å². The second-order valence-electron chi connectivity index (χ2n) is 7.11. The van der Waals surface area contributed by atoms with Gasteiger partial charge in [0.1, 0.15) is 0 Å². The van der Waals surface area contributed by atoms with Gasteiger partial charge in [0, 0.05) is 37.4 Å². The van der Waals surface area contributed by atoms with Crippen molar-refractivity contribution < 1.29 is 9.59 Å². The Morgan fingerprint density at radius 3 is 2.67 bits per heavy atom. The summed E-state index contributed by atoms with van der Waals surface area (Å²) in [6.07, 6.45) is 5.92. The lowest BCUT2D eigenvalue weighted by Gasteiger charge is -2.16. The van der Waals surface area contributed by atoms with Crippen molar-refractivity contribution in [2.24, 2.45) is 0 Å². The fourth-order valence-electron chi connectivity index (χ4n) is 3.79. The fraction of sp³-hybridized carbons (Fsp3) is 0.130. The van der Waals surface area contributed by atoms with Crippen LogP contribution in [-0.4, -0.2) is 32.7 Å². The molecule has 0 bridgehead atoms. The first kappa shape index (κ1) is 18.1. The molecular formula is C23H19N5O2. The van der Waals surface area contributed by atoms with Crippen LogP contribution in [0.15, 0.2) is 73.2 Å². The molecule has 1 aromatic carbocycles. The minimum absolute atomic E-state index is 0.190. The van der Waals surface area contributed by atoms with Crippen LogP contribution in [0.3, 0.4) is 0 Å². The van der Waals surface area contributed by atoms with Gasteiger partial charge in [-0.25, -0.2) is 4.98 Å². The Balaban J connectivity index is 1.47. The third kappa shape index (κ3) is 3.10. The van der Waals surface area contributed by atoms with E-state index >= 15 is 0 Å². The number of para-hydroxylation sites is 1. The van der Waals surface area contributed by atoms with Gasteiger partial charge in [-0.1, -0.05) is 24.3 Å². The second kappa shape index (κ2) is 7.44. The molecule has 0 unspecified atom stereocenters. The van der Waals surface area contributed by atoms with Crippen molar-refractivity contribution in [2.75, 3.05) is 11.4 Å². The number of hydrogen-bond acceptors (Lipinski definition) is 4. The number of carbonyl (C=O) groups excluding carboxylic acids is 2. The zero-order valence-corrected chi connectivity index (χ0v) is 16.2. The predicted molar refractivity (Wildman–Crippen MR) is 112 cm³/mol. The molecule has 30 heavy (non-hydrogen) atoms. The minimum Gasteiger partial charge on any atom is -0.345 e. The number of pyridine rings is 2. The zero-order chi connectivity index (χ0) is 20.5. The summed E-state index contributed by atoms with van der Waals surface area (Å²) >= 11 is 0. The Bertz CT molecular complexity index is 1250. The Hall–Kier alpha value is -4.00. The summed E-state index contributed by atoms with van der Waals surface area (Å²) in [6, 6.07) is 17.0. The average Bonchev–Trinajstić information content (AvgIpc) is 3.40. The van der Waals surface area contributed by atoms with Gasteiger partial charge < -0.3 is 10.2 Å². The Kier molecular flexibility index (Phi) is 4.48. The van der Waals surface area contributed by atoms with Crippen LogP contribution in [-0.2, 0) is 13.0 Å². The highest BCUT2D eigenvalue weighted by atomic mass is 16.2. The Morgan fingerprint density at radius 2 is 1.80 bits per heavy atom. The fourth-order valence-corrected chi connectivity index (χ4v) is 3.79. The number of imidazole rings is 1. The number of rotatable bonds is 4. The molecule has 1 aliphatic rings. The normalized spacial score (nSPS) is 12.7. The van der Waals surface area contributed by atoms with E-state index in [1.54, 1.807) is 27.9 Å². The summed E-state index contributed by atoms with van der Waals surface area (Å²) in [5.41, 5.74) is 3.87. The molecule has 1 N–H and O–H groups in total. The topological polar surface area (TPSA) is 79.6 Å². The lowest BCUT2D eigenvalue weighted by atomic mass is 10.2. The van der Waals surface area contributed by atoms with Crippen LogP contribution in [0.5, 0.6) is 0 Å². The second-order valence-corrected chi connectivity index (χ2v) is 7.11. The van der Waals surface area contributed by atoms with Crippen LogP contribution < -0.4 is 10.2 Å². The first-order chi connectivity index (χ1) is 14.7. The number of nitrogens with zero attached hydrogens (tertiary/aromatic N) is 4. The largest absolute Gasteiger partial charge is 0.345 e. The Morgan fingerprint density at radius 1 is 1.00 bits per heavy atom. The van der Waals surface area contributed by atoms with Crippen LogP contribution in [0.4, 0.5) is 5.69 Å². The number of anilines is 1. The summed E-state index contributed by atoms with van der Waals surface area (Å²) in [6.45, 7) is 0.958. The van der Waals surface area contributed by atoms with Crippen molar-refractivity contribution in [1.82, 2.24) is 19.7 Å². The number of nitrogens with one attached hydrogen (secondary N) is 1. The van der Waals surface area contributed by atoms with Gasteiger partial charge in [0.25, 0.3) is 11.8 Å². The van der Waals surface area contributed by atoms with Gasteiger partial charge in [0.2, 0.25) is 5.82 Å². The van der Waals surface area contributed by atoms with Crippen molar-refractivity contribution in [3.63, 3.8) is 0 Å². The molecule has 2 amide bonds. The molecule has 0 radical (unpaired) electrons. The Labute approximate surface area is 173 Å². The van der Waals surface area contributed by atoms with E-state index in [0.29, 0.717) is 18.6 Å². The first-order valence-electron chi connectivity index (χ1n) is 9.76. The maximum absolute atomic E-state index is 13.4. The SMILES string of the molecule is O=C(NCc1ccncc1)c1nc(C(=O)N2CCc3ccccc32)c2ccccn12. The number of aromatic nitrogens is 3. The molecule has 3 aromatic heterocycles. The van der Waals surface area contributed by atoms with Gasteiger partial charge in [-0.15, -0.1) is 0 Å². The molecule has 0 atom stereocenters. The smallest absolute Gasteiger partial charge is 0.287 e. The lowest BCUT2D eigenvalue weighted by Crippen LogP contribution is -2.29. The summed E-state index contributed by atoms with van der Waals surface area (Å²) in [4.78, 5) is 36.4. The number of carbonyl (C=O) groups is 2. The van der Waals surface area contributed by atoms with Gasteiger partial charge in [-0.05, 0) is 47.9 Å². The van der Waals surface area contributed by atoms with Crippen LogP contribution >= 0.6 is 0 Å². The summed E-state index contributed by atoms with van der Waals surface area (Å²) in [5.74, 6) is -0.346. The molecule has 0 spiro atoms. The van der Waals surface area contributed by atoms with E-state index < -0.39 is 0 Å². The van der Waals surface area contributed by atoms with Crippen molar-refractivity contribution in [1.29, 1.82) is 0 Å². The van der Waals surface area contributed by atoms with Crippen LogP contribution in [0.1, 0.15) is 32.2 Å². The minimum atomic E-state index is -0.339. The third-order valence-corrected chi connectivity index (χ3v) is 5.29. The maximum Gasteiger partial charge on any atom is 0.287 e. The number of amides is 2. The molecule has 0 saturated heterocycles. The lowest BCUT2D eigenvalue weighted by molar-refractivity contribution is 0.0940. The monoisotopic (exact) mass is 397 g/mol. The summed E-state index contributed by atoms with van der Waals surface area (Å²) in [5, 5.41) is 2.87. The molecule has 0 fully saturated rings. The molecule has 7 nitrogen and oxygen atoms in total. The van der Waals surface area contributed by atoms with E-state index in [4.69, 9.17) is 0 Å². The van der Waals surface area contributed by atoms with Crippen molar-refractivity contribution >= 4 is 23.0 Å². The van der Waals surface area contributed by atoms with Gasteiger partial charge >= 0.3 is 0 Å². The number of benzene rings is 1. The molecule has 0 saturated carbocycles. The standard InChI is InChI=1S/C23H19N5O2/c29-22(25-15-16-8-11-24-12-9-16)21-26-20(19-7-3-4-13-27(19)21)23(30)28-14-10-17-5-1-2-6-18(17)28/h1-9,11-13H,10,14-15H2,(H,25,29). The highest BCUT2D eigenvalue weighted by molar-refractivity contribution is 6.11. The molecule has 148 valence electrons. The molecule has 4 heterocycles. The summed E-state index contributed by atoms with van der Waals surface area (Å²) in [7, 11) is 0. The first-order valence-corrected chi connectivity index (χ1v) is 9.76. The highest BCUT2D eigenvalue weighted by Crippen LogP contribution is 2.29. The zero-order valence-electron chi connectivity index (χ0n) is 16.2. The van der Waals surface area contributed by atoms with Crippen LogP contribution in [0.25, 0.3) is 5.52 Å². The molecule has 5 rings (SSSR count). The molecule has 7 heteroatoms.